The molecule has 1 aromatic rings. The molecule has 0 aliphatic heterocycles. The van der Waals surface area contributed by atoms with Crippen molar-refractivity contribution in [2.45, 2.75) is 20.8 Å². The van der Waals surface area contributed by atoms with Crippen LogP contribution >= 0.6 is 0 Å². The zero-order valence-corrected chi connectivity index (χ0v) is 7.96. The molecule has 0 amide bonds. The topological polar surface area (TPSA) is 0 Å². The first kappa shape index (κ1) is 8.46. The number of rotatable bonds is 0. The zero-order valence-electron chi connectivity index (χ0n) is 6.96. The van der Waals surface area contributed by atoms with Gasteiger partial charge in [0.2, 0.25) is 0 Å². The van der Waals surface area contributed by atoms with Crippen LogP contribution in [-0.4, -0.2) is 10.2 Å². The van der Waals surface area contributed by atoms with Gasteiger partial charge in [0, 0.05) is 0 Å². The minimum Gasteiger partial charge on any atom is -0.207 e. The van der Waals surface area contributed by atoms with Gasteiger partial charge in [-0.05, 0) is 43.5 Å². The maximum Gasteiger partial charge on any atom is 0.126 e. The van der Waals surface area contributed by atoms with Gasteiger partial charge in [-0.3, -0.25) is 0 Å². The molecule has 0 unspecified atom stereocenters. The van der Waals surface area contributed by atoms with Gasteiger partial charge >= 0.3 is 0 Å². The molecule has 0 fully saturated rings. The van der Waals surface area contributed by atoms with Crippen molar-refractivity contribution in [3.8, 4) is 0 Å². The Morgan fingerprint density at radius 2 is 1.73 bits per heavy atom. The molecule has 3 radical (unpaired) electrons. The molecule has 0 saturated carbocycles. The Bertz CT molecular complexity index is 266. The third-order valence-electron chi connectivity index (χ3n) is 2.03. The molecule has 2 heteroatoms. The average Bonchev–Trinajstić information content (AvgIpc) is 1.97. The molecule has 0 atom stereocenters. The first-order valence-electron chi connectivity index (χ1n) is 3.52. The van der Waals surface area contributed by atoms with Crippen molar-refractivity contribution in [2.75, 3.05) is 0 Å². The van der Waals surface area contributed by atoms with Crippen molar-refractivity contribution >= 4 is 15.4 Å². The van der Waals surface area contributed by atoms with Crippen LogP contribution in [-0.2, 0) is 0 Å². The second kappa shape index (κ2) is 2.78. The van der Waals surface area contributed by atoms with Crippen molar-refractivity contribution < 1.29 is 4.39 Å². The molecule has 1 rings (SSSR count). The summed E-state index contributed by atoms with van der Waals surface area (Å²) in [5.41, 5.74) is 2.65. The molecule has 0 aromatic heterocycles. The first-order valence-corrected chi connectivity index (χ1v) is 4.02. The van der Waals surface area contributed by atoms with E-state index < -0.39 is 0 Å². The maximum absolute atomic E-state index is 13.0. The van der Waals surface area contributed by atoms with E-state index in [1.165, 1.54) is 0 Å². The Morgan fingerprint density at radius 3 is 2.27 bits per heavy atom. The summed E-state index contributed by atoms with van der Waals surface area (Å²) in [5.74, 6) is -0.123. The van der Waals surface area contributed by atoms with E-state index in [4.69, 9.17) is 0 Å². The summed E-state index contributed by atoms with van der Waals surface area (Å²) >= 11 is 0. The number of hydrogen-bond donors (Lipinski definition) is 0. The van der Waals surface area contributed by atoms with Gasteiger partial charge in [-0.25, -0.2) is 4.39 Å². The summed E-state index contributed by atoms with van der Waals surface area (Å²) in [7, 11) is 3.45. The molecule has 1 aromatic carbocycles. The second-order valence-electron chi connectivity index (χ2n) is 2.80. The second-order valence-corrected chi connectivity index (χ2v) is 3.30. The molecule has 0 aliphatic carbocycles. The summed E-state index contributed by atoms with van der Waals surface area (Å²) in [5, 5.41) is 1.00. The minimum atomic E-state index is -0.123. The Balaban J connectivity index is 3.46. The normalized spacial score (nSPS) is 10.3. The number of halogens is 1. The molecule has 0 bridgehead atoms. The first-order chi connectivity index (χ1) is 5.04. The fourth-order valence-corrected chi connectivity index (χ4v) is 1.29. The highest BCUT2D eigenvalue weighted by Gasteiger charge is 2.05. The Kier molecular flexibility index (Phi) is 2.14. The number of aryl methyl sites for hydroxylation is 1. The van der Waals surface area contributed by atoms with Gasteiger partial charge in [-0.15, -0.1) is 0 Å². The molecule has 0 spiro atoms. The fraction of sp³-hybridized carbons (Fsp3) is 0.333. The largest absolute Gasteiger partial charge is 0.207 e. The van der Waals surface area contributed by atoms with Crippen molar-refractivity contribution in [1.29, 1.82) is 0 Å². The quantitative estimate of drug-likeness (QED) is 0.512. The van der Waals surface area contributed by atoms with Crippen LogP contribution in [0.4, 0.5) is 4.39 Å². The van der Waals surface area contributed by atoms with Crippen LogP contribution in [0.15, 0.2) is 6.07 Å². The lowest BCUT2D eigenvalue weighted by Crippen LogP contribution is -2.14. The minimum absolute atomic E-state index is 0.123. The van der Waals surface area contributed by atoms with E-state index in [0.717, 1.165) is 21.9 Å². The van der Waals surface area contributed by atoms with E-state index >= 15 is 0 Å². The molecule has 0 saturated heterocycles. The molecule has 0 aliphatic rings. The van der Waals surface area contributed by atoms with E-state index in [9.17, 15) is 4.39 Å². The lowest BCUT2D eigenvalue weighted by Gasteiger charge is -2.08. The summed E-state index contributed by atoms with van der Waals surface area (Å²) in [6.45, 7) is 5.58. The van der Waals surface area contributed by atoms with Gasteiger partial charge in [-0.1, -0.05) is 5.19 Å². The zero-order chi connectivity index (χ0) is 8.59. The Hall–Kier alpha value is -0.633. The highest BCUT2D eigenvalue weighted by Crippen LogP contribution is 2.10. The maximum atomic E-state index is 13.0. The van der Waals surface area contributed by atoms with Gasteiger partial charge < -0.3 is 0 Å². The highest BCUT2D eigenvalue weighted by molar-refractivity contribution is 6.34. The van der Waals surface area contributed by atoms with E-state index in [-0.39, 0.29) is 5.82 Å². The van der Waals surface area contributed by atoms with Gasteiger partial charge in [0.1, 0.15) is 5.82 Å². The standard InChI is InChI=1S/C9H10FSi/c1-5-4-8(10)6(2)7(3)9(5)11/h4H,1-3H3. The molecule has 0 N–H and O–H groups in total. The Morgan fingerprint density at radius 1 is 1.18 bits per heavy atom. The van der Waals surface area contributed by atoms with Crippen LogP contribution in [0.2, 0.25) is 0 Å². The van der Waals surface area contributed by atoms with Crippen LogP contribution in [0.3, 0.4) is 0 Å². The summed E-state index contributed by atoms with van der Waals surface area (Å²) in [6, 6.07) is 1.55. The van der Waals surface area contributed by atoms with E-state index in [1.54, 1.807) is 13.0 Å². The fourth-order valence-electron chi connectivity index (χ4n) is 1.03. The lowest BCUT2D eigenvalue weighted by atomic mass is 10.1. The third kappa shape index (κ3) is 1.36. The van der Waals surface area contributed by atoms with E-state index in [2.05, 4.69) is 10.2 Å². The van der Waals surface area contributed by atoms with Gasteiger partial charge in [0.05, 0.1) is 10.2 Å². The van der Waals surface area contributed by atoms with Crippen molar-refractivity contribution in [2.24, 2.45) is 0 Å². The Labute approximate surface area is 69.9 Å². The molecule has 11 heavy (non-hydrogen) atoms. The average molecular weight is 165 g/mol. The number of benzene rings is 1. The van der Waals surface area contributed by atoms with Gasteiger partial charge in [0.25, 0.3) is 0 Å². The van der Waals surface area contributed by atoms with Crippen molar-refractivity contribution in [3.63, 3.8) is 0 Å². The predicted octanol–water partition coefficient (Wildman–Crippen LogP) is 1.54. The van der Waals surface area contributed by atoms with Gasteiger partial charge in [-0.2, -0.15) is 0 Å². The van der Waals surface area contributed by atoms with Crippen LogP contribution in [0.5, 0.6) is 0 Å². The molecule has 0 nitrogen and oxygen atoms in total. The summed E-state index contributed by atoms with van der Waals surface area (Å²) in [4.78, 5) is 0. The SMILES string of the molecule is Cc1cc(F)c(C)c(C)c1[Si]. The monoisotopic (exact) mass is 165 g/mol. The third-order valence-corrected chi connectivity index (χ3v) is 2.80. The van der Waals surface area contributed by atoms with Crippen LogP contribution in [0.1, 0.15) is 16.7 Å². The summed E-state index contributed by atoms with van der Waals surface area (Å²) < 4.78 is 13.0. The smallest absolute Gasteiger partial charge is 0.126 e. The molecule has 0 heterocycles. The highest BCUT2D eigenvalue weighted by atomic mass is 28.1. The molecular weight excluding hydrogens is 155 g/mol. The van der Waals surface area contributed by atoms with E-state index in [1.807, 2.05) is 13.8 Å². The van der Waals surface area contributed by atoms with E-state index in [0.29, 0.717) is 0 Å². The summed E-state index contributed by atoms with van der Waals surface area (Å²) in [6.07, 6.45) is 0. The van der Waals surface area contributed by atoms with Crippen LogP contribution in [0, 0.1) is 26.6 Å². The lowest BCUT2D eigenvalue weighted by molar-refractivity contribution is 0.616. The van der Waals surface area contributed by atoms with Crippen LogP contribution < -0.4 is 5.19 Å². The van der Waals surface area contributed by atoms with Gasteiger partial charge in [0.15, 0.2) is 0 Å². The molecular formula is C9H10FSi. The number of hydrogen-bond acceptors (Lipinski definition) is 0. The van der Waals surface area contributed by atoms with Crippen LogP contribution in [0.25, 0.3) is 0 Å². The predicted molar refractivity (Wildman–Crippen MR) is 46.0 cm³/mol. The van der Waals surface area contributed by atoms with Crippen molar-refractivity contribution in [1.82, 2.24) is 0 Å². The molecule has 57 valence electrons. The van der Waals surface area contributed by atoms with Crippen molar-refractivity contribution in [3.05, 3.63) is 28.6 Å².